The van der Waals surface area contributed by atoms with Gasteiger partial charge in [-0.25, -0.2) is 4.39 Å². The van der Waals surface area contributed by atoms with Gasteiger partial charge in [-0.15, -0.1) is 0 Å². The molecule has 0 fully saturated rings. The minimum absolute atomic E-state index is 0.114. The zero-order valence-corrected chi connectivity index (χ0v) is 21.5. The molecule has 196 valence electrons. The Hall–Kier alpha value is -3.23. The molecule has 2 N–H and O–H groups in total. The van der Waals surface area contributed by atoms with E-state index in [-0.39, 0.29) is 32.6 Å². The van der Waals surface area contributed by atoms with E-state index in [1.54, 1.807) is 19.2 Å². The van der Waals surface area contributed by atoms with E-state index in [2.05, 4.69) is 0 Å². The summed E-state index contributed by atoms with van der Waals surface area (Å²) in [5, 5.41) is 0.410. The second-order valence-electron chi connectivity index (χ2n) is 8.18. The van der Waals surface area contributed by atoms with E-state index in [1.807, 2.05) is 6.92 Å². The van der Waals surface area contributed by atoms with Crippen LogP contribution >= 0.6 is 23.2 Å². The molecule has 0 aliphatic rings. The third-order valence-electron chi connectivity index (χ3n) is 5.48. The average Bonchev–Trinajstić information content (AvgIpc) is 2.83. The SMILES string of the molecule is CCC/C=C(\c1c(F)cccc1Cl)N(C)c1ccc(-c2cc(C(N)=O)ccc2Cl)cc1OCC(F)(F)F. The molecule has 0 aliphatic carbocycles. The van der Waals surface area contributed by atoms with Crippen LogP contribution < -0.4 is 15.4 Å². The summed E-state index contributed by atoms with van der Waals surface area (Å²) < 4.78 is 59.4. The predicted octanol–water partition coefficient (Wildman–Crippen LogP) is 8.12. The number of unbranched alkanes of at least 4 members (excludes halogenated alkanes) is 1. The fourth-order valence-corrected chi connectivity index (χ4v) is 4.18. The topological polar surface area (TPSA) is 55.6 Å². The highest BCUT2D eigenvalue weighted by Gasteiger charge is 2.30. The van der Waals surface area contributed by atoms with Crippen LogP contribution in [0.1, 0.15) is 35.7 Å². The van der Waals surface area contributed by atoms with Gasteiger partial charge in [0.05, 0.1) is 16.3 Å². The first-order chi connectivity index (χ1) is 17.4. The third-order valence-corrected chi connectivity index (χ3v) is 6.13. The molecule has 0 bridgehead atoms. The van der Waals surface area contributed by atoms with Crippen molar-refractivity contribution in [3.8, 4) is 16.9 Å². The Morgan fingerprint density at radius 2 is 1.81 bits per heavy atom. The number of carbonyl (C=O) groups is 1. The fourth-order valence-electron chi connectivity index (χ4n) is 3.69. The maximum atomic E-state index is 14.9. The zero-order chi connectivity index (χ0) is 27.3. The Morgan fingerprint density at radius 1 is 1.08 bits per heavy atom. The predicted molar refractivity (Wildman–Crippen MR) is 140 cm³/mol. The number of primary amides is 1. The summed E-state index contributed by atoms with van der Waals surface area (Å²) in [5.74, 6) is -1.39. The lowest BCUT2D eigenvalue weighted by Crippen LogP contribution is -2.22. The first-order valence-corrected chi connectivity index (χ1v) is 12.0. The third kappa shape index (κ3) is 6.96. The molecule has 10 heteroatoms. The van der Waals surface area contributed by atoms with Crippen LogP contribution in [0.5, 0.6) is 5.75 Å². The molecule has 3 aromatic rings. The Morgan fingerprint density at radius 3 is 2.43 bits per heavy atom. The number of allylic oxidation sites excluding steroid dienone is 1. The molecule has 0 heterocycles. The summed E-state index contributed by atoms with van der Waals surface area (Å²) in [7, 11) is 1.58. The van der Waals surface area contributed by atoms with Crippen LogP contribution in [0, 0.1) is 5.82 Å². The molecule has 0 spiro atoms. The summed E-state index contributed by atoms with van der Waals surface area (Å²) in [6.45, 7) is 0.383. The zero-order valence-electron chi connectivity index (χ0n) is 20.0. The molecule has 37 heavy (non-hydrogen) atoms. The lowest BCUT2D eigenvalue weighted by molar-refractivity contribution is -0.153. The smallest absolute Gasteiger partial charge is 0.422 e. The van der Waals surface area contributed by atoms with Crippen molar-refractivity contribution in [2.75, 3.05) is 18.6 Å². The number of rotatable bonds is 9. The van der Waals surface area contributed by atoms with Gasteiger partial charge in [0.2, 0.25) is 5.91 Å². The maximum absolute atomic E-state index is 14.9. The minimum atomic E-state index is -4.61. The van der Waals surface area contributed by atoms with Gasteiger partial charge in [0.25, 0.3) is 0 Å². The van der Waals surface area contributed by atoms with Gasteiger partial charge in [-0.1, -0.05) is 54.8 Å². The molecule has 0 saturated carbocycles. The van der Waals surface area contributed by atoms with Gasteiger partial charge >= 0.3 is 6.18 Å². The van der Waals surface area contributed by atoms with Crippen LogP contribution in [0.2, 0.25) is 10.0 Å². The maximum Gasteiger partial charge on any atom is 0.422 e. The Kier molecular flexibility index (Phi) is 9.10. The molecule has 0 unspecified atom stereocenters. The summed E-state index contributed by atoms with van der Waals surface area (Å²) in [4.78, 5) is 13.2. The number of carbonyl (C=O) groups excluding carboxylic acids is 1. The summed E-state index contributed by atoms with van der Waals surface area (Å²) in [6, 6.07) is 13.1. The van der Waals surface area contributed by atoms with E-state index in [9.17, 15) is 22.4 Å². The number of amides is 1. The Labute approximate surface area is 222 Å². The van der Waals surface area contributed by atoms with Crippen molar-refractivity contribution in [3.05, 3.63) is 87.7 Å². The van der Waals surface area contributed by atoms with E-state index in [0.717, 1.165) is 6.42 Å². The van der Waals surface area contributed by atoms with Gasteiger partial charge in [-0.3, -0.25) is 4.79 Å². The normalized spacial score (nSPS) is 11.9. The number of hydrogen-bond donors (Lipinski definition) is 1. The van der Waals surface area contributed by atoms with Crippen LogP contribution in [-0.2, 0) is 0 Å². The number of hydrogen-bond acceptors (Lipinski definition) is 3. The van der Waals surface area contributed by atoms with Gasteiger partial charge in [-0.2, -0.15) is 13.2 Å². The number of benzene rings is 3. The van der Waals surface area contributed by atoms with Crippen molar-refractivity contribution in [2.24, 2.45) is 5.73 Å². The Bertz CT molecular complexity index is 1310. The fraction of sp³-hybridized carbons (Fsp3) is 0.222. The van der Waals surface area contributed by atoms with Crippen LogP contribution in [0.25, 0.3) is 16.8 Å². The minimum Gasteiger partial charge on any atom is -0.482 e. The van der Waals surface area contributed by atoms with Crippen molar-refractivity contribution in [1.82, 2.24) is 0 Å². The summed E-state index contributed by atoms with van der Waals surface area (Å²) in [5.41, 5.74) is 7.03. The quantitative estimate of drug-likeness (QED) is 0.272. The lowest BCUT2D eigenvalue weighted by Gasteiger charge is -2.27. The van der Waals surface area contributed by atoms with E-state index < -0.39 is 24.5 Å². The molecular formula is C27H24Cl2F4N2O2. The molecule has 0 aliphatic heterocycles. The highest BCUT2D eigenvalue weighted by atomic mass is 35.5. The van der Waals surface area contributed by atoms with Crippen molar-refractivity contribution < 1.29 is 27.1 Å². The van der Waals surface area contributed by atoms with E-state index in [4.69, 9.17) is 33.7 Å². The molecule has 0 atom stereocenters. The average molecular weight is 555 g/mol. The van der Waals surface area contributed by atoms with E-state index in [0.29, 0.717) is 23.2 Å². The first-order valence-electron chi connectivity index (χ1n) is 11.2. The van der Waals surface area contributed by atoms with Gasteiger partial charge in [-0.05, 0) is 54.4 Å². The number of ether oxygens (including phenoxy) is 1. The van der Waals surface area contributed by atoms with Crippen molar-refractivity contribution >= 4 is 40.5 Å². The van der Waals surface area contributed by atoms with Gasteiger partial charge in [0.15, 0.2) is 6.61 Å². The first kappa shape index (κ1) is 28.3. The number of halogens is 6. The highest BCUT2D eigenvalue weighted by molar-refractivity contribution is 6.33. The van der Waals surface area contributed by atoms with Gasteiger partial charge in [0, 0.05) is 28.9 Å². The van der Waals surface area contributed by atoms with Crippen LogP contribution in [-0.4, -0.2) is 25.7 Å². The molecule has 0 radical (unpaired) electrons. The second-order valence-corrected chi connectivity index (χ2v) is 8.99. The van der Waals surface area contributed by atoms with Crippen molar-refractivity contribution in [3.63, 3.8) is 0 Å². The van der Waals surface area contributed by atoms with Crippen LogP contribution in [0.4, 0.5) is 23.2 Å². The molecule has 1 amide bonds. The van der Waals surface area contributed by atoms with Gasteiger partial charge in [0.1, 0.15) is 11.6 Å². The number of anilines is 1. The molecule has 0 saturated heterocycles. The monoisotopic (exact) mass is 554 g/mol. The van der Waals surface area contributed by atoms with Crippen molar-refractivity contribution in [2.45, 2.75) is 25.9 Å². The standard InChI is InChI=1S/C27H24Cl2F4N2O2/c1-3-4-8-23(25-20(29)6-5-7-21(25)30)35(2)22-12-10-16(14-24(22)37-15-27(31,32)33)18-13-17(26(34)36)9-11-19(18)28/h5-14H,3-4,15H2,1-2H3,(H2,34,36)/b23-8+. The van der Waals surface area contributed by atoms with E-state index in [1.165, 1.54) is 53.4 Å². The van der Waals surface area contributed by atoms with Crippen LogP contribution in [0.15, 0.2) is 60.7 Å². The molecular weight excluding hydrogens is 531 g/mol. The molecule has 3 rings (SSSR count). The van der Waals surface area contributed by atoms with Crippen molar-refractivity contribution in [1.29, 1.82) is 0 Å². The highest BCUT2D eigenvalue weighted by Crippen LogP contribution is 2.40. The second kappa shape index (κ2) is 11.9. The number of nitrogens with zero attached hydrogens (tertiary/aromatic N) is 1. The van der Waals surface area contributed by atoms with Gasteiger partial charge < -0.3 is 15.4 Å². The molecule has 4 nitrogen and oxygen atoms in total. The molecule has 0 aromatic heterocycles. The summed E-state index contributed by atoms with van der Waals surface area (Å²) >= 11 is 12.6. The lowest BCUT2D eigenvalue weighted by atomic mass is 10.0. The largest absolute Gasteiger partial charge is 0.482 e. The Balaban J connectivity index is 2.17. The summed E-state index contributed by atoms with van der Waals surface area (Å²) in [6.07, 6.45) is -1.53. The van der Waals surface area contributed by atoms with Crippen LogP contribution in [0.3, 0.4) is 0 Å². The number of nitrogens with two attached hydrogens (primary N) is 1. The molecule has 3 aromatic carbocycles. The number of alkyl halides is 3. The van der Waals surface area contributed by atoms with E-state index >= 15 is 0 Å².